The third kappa shape index (κ3) is 5.77. The molecule has 2 N–H and O–H groups in total. The van der Waals surface area contributed by atoms with Crippen LogP contribution in [0.2, 0.25) is 0 Å². The molecule has 2 rings (SSSR count). The summed E-state index contributed by atoms with van der Waals surface area (Å²) >= 11 is 3.23. The minimum Gasteiger partial charge on any atom is -0.354 e. The standard InChI is InChI=1S/C21H28BrF4N3O2/c1-19(13-6-5-7-13,28-18(31)15-10-14(23)8-9-16(15)22)12-27-17(30)11-20(2,29(3)4)21(24,25)26/h8-10,13H,5-7,11-12H2,1-4H3,(H,27,30)(H,28,31). The zero-order chi connectivity index (χ0) is 23.6. The van der Waals surface area contributed by atoms with Crippen molar-refractivity contribution in [1.29, 1.82) is 0 Å². The molecule has 1 aliphatic rings. The summed E-state index contributed by atoms with van der Waals surface area (Å²) in [4.78, 5) is 26.2. The quantitative estimate of drug-likeness (QED) is 0.514. The van der Waals surface area contributed by atoms with Gasteiger partial charge in [-0.15, -0.1) is 0 Å². The highest BCUT2D eigenvalue weighted by atomic mass is 79.9. The Bertz CT molecular complexity index is 829. The van der Waals surface area contributed by atoms with Gasteiger partial charge in [0.1, 0.15) is 11.4 Å². The molecule has 2 amide bonds. The maximum absolute atomic E-state index is 13.6. The number of halogens is 5. The zero-order valence-electron chi connectivity index (χ0n) is 18.0. The Morgan fingerprint density at radius 2 is 1.81 bits per heavy atom. The summed E-state index contributed by atoms with van der Waals surface area (Å²) in [5, 5.41) is 5.44. The average Bonchev–Trinajstić information content (AvgIpc) is 2.59. The highest BCUT2D eigenvalue weighted by Crippen LogP contribution is 2.38. The lowest BCUT2D eigenvalue weighted by atomic mass is 9.71. The van der Waals surface area contributed by atoms with Crippen molar-refractivity contribution in [2.45, 2.75) is 56.8 Å². The van der Waals surface area contributed by atoms with Crippen molar-refractivity contribution in [3.05, 3.63) is 34.1 Å². The van der Waals surface area contributed by atoms with Crippen LogP contribution in [0, 0.1) is 11.7 Å². The van der Waals surface area contributed by atoms with Crippen LogP contribution in [-0.2, 0) is 4.79 Å². The fourth-order valence-electron chi connectivity index (χ4n) is 3.50. The number of carbonyl (C=O) groups excluding carboxylic acids is 2. The first-order chi connectivity index (χ1) is 14.2. The SMILES string of the molecule is CN(C)C(C)(CC(=O)NCC(C)(NC(=O)c1cc(F)ccc1Br)C1CCC1)C(F)(F)F. The molecule has 1 fully saturated rings. The molecule has 0 aromatic heterocycles. The van der Waals surface area contributed by atoms with Crippen LogP contribution in [0.15, 0.2) is 22.7 Å². The van der Waals surface area contributed by atoms with Crippen molar-refractivity contribution in [3.8, 4) is 0 Å². The summed E-state index contributed by atoms with van der Waals surface area (Å²) in [7, 11) is 2.55. The predicted octanol–water partition coefficient (Wildman–Crippen LogP) is 4.27. The smallest absolute Gasteiger partial charge is 0.354 e. The number of benzene rings is 1. The highest BCUT2D eigenvalue weighted by molar-refractivity contribution is 9.10. The van der Waals surface area contributed by atoms with Crippen LogP contribution in [0.25, 0.3) is 0 Å². The molecule has 1 aromatic rings. The summed E-state index contributed by atoms with van der Waals surface area (Å²) in [6.45, 7) is 2.69. The van der Waals surface area contributed by atoms with E-state index in [1.165, 1.54) is 26.2 Å². The van der Waals surface area contributed by atoms with Gasteiger partial charge in [-0.05, 0) is 80.8 Å². The summed E-state index contributed by atoms with van der Waals surface area (Å²) in [5.74, 6) is -1.81. The molecule has 0 heterocycles. The molecule has 0 spiro atoms. The molecule has 2 unspecified atom stereocenters. The first kappa shape index (κ1) is 25.6. The number of amides is 2. The maximum atomic E-state index is 13.6. The second kappa shape index (κ2) is 9.44. The summed E-state index contributed by atoms with van der Waals surface area (Å²) in [6.07, 6.45) is -2.78. The lowest BCUT2D eigenvalue weighted by molar-refractivity contribution is -0.221. The Hall–Kier alpha value is -1.68. The monoisotopic (exact) mass is 509 g/mol. The van der Waals surface area contributed by atoms with Gasteiger partial charge in [-0.2, -0.15) is 13.2 Å². The van der Waals surface area contributed by atoms with Crippen LogP contribution < -0.4 is 10.6 Å². The van der Waals surface area contributed by atoms with E-state index < -0.39 is 41.3 Å². The van der Waals surface area contributed by atoms with E-state index in [0.717, 1.165) is 37.2 Å². The van der Waals surface area contributed by atoms with E-state index in [1.54, 1.807) is 6.92 Å². The van der Waals surface area contributed by atoms with Gasteiger partial charge in [0.15, 0.2) is 0 Å². The van der Waals surface area contributed by atoms with E-state index in [2.05, 4.69) is 26.6 Å². The normalized spacial score (nSPS) is 18.6. The lowest BCUT2D eigenvalue weighted by Crippen LogP contribution is -2.61. The van der Waals surface area contributed by atoms with Crippen LogP contribution in [0.1, 0.15) is 49.9 Å². The molecular weight excluding hydrogens is 482 g/mol. The number of nitrogens with zero attached hydrogens (tertiary/aromatic N) is 1. The number of hydrogen-bond acceptors (Lipinski definition) is 3. The Balaban J connectivity index is 2.13. The van der Waals surface area contributed by atoms with Crippen molar-refractivity contribution in [2.24, 2.45) is 5.92 Å². The van der Waals surface area contributed by atoms with Crippen LogP contribution in [-0.4, -0.2) is 54.6 Å². The third-order valence-electron chi connectivity index (χ3n) is 6.33. The molecule has 0 saturated heterocycles. The molecule has 10 heteroatoms. The molecule has 2 atom stereocenters. The Morgan fingerprint density at radius 3 is 2.29 bits per heavy atom. The molecule has 0 aliphatic heterocycles. The van der Waals surface area contributed by atoms with E-state index in [4.69, 9.17) is 0 Å². The van der Waals surface area contributed by atoms with Crippen molar-refractivity contribution in [1.82, 2.24) is 15.5 Å². The van der Waals surface area contributed by atoms with Gasteiger partial charge in [0.25, 0.3) is 5.91 Å². The van der Waals surface area contributed by atoms with Crippen LogP contribution in [0.3, 0.4) is 0 Å². The summed E-state index contributed by atoms with van der Waals surface area (Å²) < 4.78 is 54.5. The highest BCUT2D eigenvalue weighted by Gasteiger charge is 2.54. The Morgan fingerprint density at radius 1 is 1.19 bits per heavy atom. The molecule has 1 saturated carbocycles. The summed E-state index contributed by atoms with van der Waals surface area (Å²) in [6, 6.07) is 3.74. The first-order valence-corrected chi connectivity index (χ1v) is 10.8. The van der Waals surface area contributed by atoms with Gasteiger partial charge in [-0.1, -0.05) is 6.42 Å². The number of rotatable bonds is 8. The van der Waals surface area contributed by atoms with Crippen molar-refractivity contribution in [2.75, 3.05) is 20.6 Å². The van der Waals surface area contributed by atoms with Crippen LogP contribution >= 0.6 is 15.9 Å². The fraction of sp³-hybridized carbons (Fsp3) is 0.619. The topological polar surface area (TPSA) is 61.4 Å². The van der Waals surface area contributed by atoms with Gasteiger partial charge in [0.05, 0.1) is 17.5 Å². The second-order valence-corrected chi connectivity index (χ2v) is 9.60. The largest absolute Gasteiger partial charge is 0.407 e. The molecule has 1 aromatic carbocycles. The van der Waals surface area contributed by atoms with E-state index in [0.29, 0.717) is 4.47 Å². The number of alkyl halides is 3. The van der Waals surface area contributed by atoms with Crippen molar-refractivity contribution < 1.29 is 27.2 Å². The van der Waals surface area contributed by atoms with Gasteiger partial charge >= 0.3 is 6.18 Å². The Labute approximate surface area is 188 Å². The first-order valence-electron chi connectivity index (χ1n) is 9.98. The molecule has 0 bridgehead atoms. The van der Waals surface area contributed by atoms with Crippen LogP contribution in [0.5, 0.6) is 0 Å². The van der Waals surface area contributed by atoms with Gasteiger partial charge < -0.3 is 10.6 Å². The van der Waals surface area contributed by atoms with E-state index in [-0.39, 0.29) is 18.0 Å². The number of hydrogen-bond donors (Lipinski definition) is 2. The van der Waals surface area contributed by atoms with E-state index in [9.17, 15) is 27.2 Å². The predicted molar refractivity (Wildman–Crippen MR) is 113 cm³/mol. The van der Waals surface area contributed by atoms with Gasteiger partial charge in [0, 0.05) is 11.0 Å². The van der Waals surface area contributed by atoms with Crippen molar-refractivity contribution in [3.63, 3.8) is 0 Å². The third-order valence-corrected chi connectivity index (χ3v) is 7.03. The fourth-order valence-corrected chi connectivity index (χ4v) is 3.93. The lowest BCUT2D eigenvalue weighted by Gasteiger charge is -2.44. The average molecular weight is 510 g/mol. The minimum atomic E-state index is -4.59. The minimum absolute atomic E-state index is 0.0312. The van der Waals surface area contributed by atoms with E-state index >= 15 is 0 Å². The van der Waals surface area contributed by atoms with Crippen molar-refractivity contribution >= 4 is 27.7 Å². The molecule has 1 aliphatic carbocycles. The number of nitrogens with one attached hydrogen (secondary N) is 2. The molecule has 0 radical (unpaired) electrons. The van der Waals surface area contributed by atoms with Gasteiger partial charge in [-0.3, -0.25) is 14.5 Å². The summed E-state index contributed by atoms with van der Waals surface area (Å²) in [5.41, 5.74) is -3.10. The van der Waals surface area contributed by atoms with Crippen LogP contribution in [0.4, 0.5) is 17.6 Å². The molecule has 174 valence electrons. The van der Waals surface area contributed by atoms with Gasteiger partial charge in [0.2, 0.25) is 5.91 Å². The maximum Gasteiger partial charge on any atom is 0.407 e. The van der Waals surface area contributed by atoms with Gasteiger partial charge in [-0.25, -0.2) is 4.39 Å². The second-order valence-electron chi connectivity index (χ2n) is 8.74. The van der Waals surface area contributed by atoms with E-state index in [1.807, 2.05) is 0 Å². The number of carbonyl (C=O) groups is 2. The Kier molecular flexibility index (Phi) is 7.79. The molecule has 5 nitrogen and oxygen atoms in total. The zero-order valence-corrected chi connectivity index (χ0v) is 19.6. The molecule has 31 heavy (non-hydrogen) atoms. The molecular formula is C21H28BrF4N3O2.